The monoisotopic (exact) mass is 284 g/mol. The van der Waals surface area contributed by atoms with Crippen LogP contribution < -0.4 is 16.0 Å². The van der Waals surface area contributed by atoms with Crippen LogP contribution in [0.25, 0.3) is 0 Å². The summed E-state index contributed by atoms with van der Waals surface area (Å²) in [6, 6.07) is 5.91. The SMILES string of the molecule is COc1ccc(Cl)cc1CC(CCC(C)(C)C)NN. The number of ether oxygens (including phenoxy) is 1. The summed E-state index contributed by atoms with van der Waals surface area (Å²) < 4.78 is 5.36. The Morgan fingerprint density at radius 3 is 2.58 bits per heavy atom. The van der Waals surface area contributed by atoms with Crippen LogP contribution in [0.15, 0.2) is 18.2 Å². The van der Waals surface area contributed by atoms with E-state index in [1.165, 1.54) is 0 Å². The van der Waals surface area contributed by atoms with Gasteiger partial charge in [0.25, 0.3) is 0 Å². The van der Waals surface area contributed by atoms with Crippen LogP contribution >= 0.6 is 11.6 Å². The van der Waals surface area contributed by atoms with Gasteiger partial charge in [0.15, 0.2) is 0 Å². The van der Waals surface area contributed by atoms with Crippen LogP contribution in [0.5, 0.6) is 5.75 Å². The van der Waals surface area contributed by atoms with Gasteiger partial charge < -0.3 is 4.74 Å². The molecule has 108 valence electrons. The fraction of sp³-hybridized carbons (Fsp3) is 0.600. The molecule has 1 atom stereocenters. The molecule has 4 heteroatoms. The van der Waals surface area contributed by atoms with Crippen molar-refractivity contribution in [3.63, 3.8) is 0 Å². The average molecular weight is 285 g/mol. The van der Waals surface area contributed by atoms with Gasteiger partial charge in [-0.3, -0.25) is 11.3 Å². The molecule has 0 saturated heterocycles. The Morgan fingerprint density at radius 2 is 2.05 bits per heavy atom. The quantitative estimate of drug-likeness (QED) is 0.620. The van der Waals surface area contributed by atoms with Crippen LogP contribution in [-0.2, 0) is 6.42 Å². The molecule has 0 aliphatic rings. The third kappa shape index (κ3) is 5.81. The van der Waals surface area contributed by atoms with Crippen LogP contribution in [0.1, 0.15) is 39.2 Å². The van der Waals surface area contributed by atoms with Crippen molar-refractivity contribution >= 4 is 11.6 Å². The Kier molecular flexibility index (Phi) is 6.11. The zero-order valence-electron chi connectivity index (χ0n) is 12.3. The van der Waals surface area contributed by atoms with E-state index in [0.717, 1.165) is 35.6 Å². The first-order valence-electron chi connectivity index (χ1n) is 6.64. The van der Waals surface area contributed by atoms with Crippen LogP contribution in [0.4, 0.5) is 0 Å². The lowest BCUT2D eigenvalue weighted by Crippen LogP contribution is -2.37. The first kappa shape index (κ1) is 16.3. The van der Waals surface area contributed by atoms with E-state index in [2.05, 4.69) is 26.2 Å². The molecule has 0 aliphatic carbocycles. The maximum Gasteiger partial charge on any atom is 0.122 e. The van der Waals surface area contributed by atoms with Crippen LogP contribution in [-0.4, -0.2) is 13.2 Å². The summed E-state index contributed by atoms with van der Waals surface area (Å²) in [7, 11) is 1.67. The Hall–Kier alpha value is -0.770. The van der Waals surface area contributed by atoms with E-state index < -0.39 is 0 Å². The van der Waals surface area contributed by atoms with Gasteiger partial charge in [0.1, 0.15) is 5.75 Å². The van der Waals surface area contributed by atoms with Crippen LogP contribution in [0, 0.1) is 5.41 Å². The molecule has 1 aromatic rings. The lowest BCUT2D eigenvalue weighted by Gasteiger charge is -2.23. The Balaban J connectivity index is 2.72. The summed E-state index contributed by atoms with van der Waals surface area (Å²) in [5, 5.41) is 0.724. The van der Waals surface area contributed by atoms with E-state index >= 15 is 0 Å². The summed E-state index contributed by atoms with van der Waals surface area (Å²) in [5.74, 6) is 6.52. The minimum Gasteiger partial charge on any atom is -0.496 e. The molecule has 0 aromatic heterocycles. The number of hydrogen-bond donors (Lipinski definition) is 2. The molecule has 0 heterocycles. The molecule has 0 bridgehead atoms. The zero-order valence-corrected chi connectivity index (χ0v) is 13.1. The smallest absolute Gasteiger partial charge is 0.122 e. The Labute approximate surface area is 121 Å². The van der Waals surface area contributed by atoms with Crippen molar-refractivity contribution in [1.29, 1.82) is 0 Å². The van der Waals surface area contributed by atoms with Gasteiger partial charge in [0.2, 0.25) is 0 Å². The molecule has 0 amide bonds. The van der Waals surface area contributed by atoms with Gasteiger partial charge in [-0.05, 0) is 48.4 Å². The Bertz CT molecular complexity index is 402. The first-order valence-corrected chi connectivity index (χ1v) is 7.02. The highest BCUT2D eigenvalue weighted by Gasteiger charge is 2.16. The van der Waals surface area contributed by atoms with Crippen molar-refractivity contribution < 1.29 is 4.74 Å². The van der Waals surface area contributed by atoms with E-state index in [1.54, 1.807) is 7.11 Å². The van der Waals surface area contributed by atoms with Crippen LogP contribution in [0.3, 0.4) is 0 Å². The van der Waals surface area contributed by atoms with Gasteiger partial charge >= 0.3 is 0 Å². The van der Waals surface area contributed by atoms with E-state index in [0.29, 0.717) is 5.41 Å². The molecule has 0 aliphatic heterocycles. The molecule has 0 radical (unpaired) electrons. The van der Waals surface area contributed by atoms with E-state index in [4.69, 9.17) is 22.2 Å². The van der Waals surface area contributed by atoms with Crippen molar-refractivity contribution in [2.24, 2.45) is 11.3 Å². The molecule has 1 unspecified atom stereocenters. The second kappa shape index (κ2) is 7.13. The molecule has 3 nitrogen and oxygen atoms in total. The highest BCUT2D eigenvalue weighted by atomic mass is 35.5. The normalized spacial score (nSPS) is 13.4. The molecule has 19 heavy (non-hydrogen) atoms. The van der Waals surface area contributed by atoms with Gasteiger partial charge in [-0.1, -0.05) is 32.4 Å². The van der Waals surface area contributed by atoms with Crippen molar-refractivity contribution in [2.75, 3.05) is 7.11 Å². The maximum atomic E-state index is 6.04. The number of halogens is 1. The van der Waals surface area contributed by atoms with Crippen molar-refractivity contribution in [3.05, 3.63) is 28.8 Å². The molecular formula is C15H25ClN2O. The lowest BCUT2D eigenvalue weighted by molar-refractivity contribution is 0.328. The molecule has 1 aromatic carbocycles. The Morgan fingerprint density at radius 1 is 1.37 bits per heavy atom. The number of benzene rings is 1. The number of nitrogens with one attached hydrogen (secondary N) is 1. The summed E-state index contributed by atoms with van der Waals surface area (Å²) in [4.78, 5) is 0. The highest BCUT2D eigenvalue weighted by Crippen LogP contribution is 2.26. The second-order valence-corrected chi connectivity index (χ2v) is 6.56. The van der Waals surface area contributed by atoms with Gasteiger partial charge in [-0.15, -0.1) is 0 Å². The van der Waals surface area contributed by atoms with E-state index in [1.807, 2.05) is 18.2 Å². The summed E-state index contributed by atoms with van der Waals surface area (Å²) >= 11 is 6.04. The largest absolute Gasteiger partial charge is 0.496 e. The topological polar surface area (TPSA) is 47.3 Å². The van der Waals surface area contributed by atoms with Crippen molar-refractivity contribution in [1.82, 2.24) is 5.43 Å². The molecular weight excluding hydrogens is 260 g/mol. The second-order valence-electron chi connectivity index (χ2n) is 6.12. The molecule has 0 spiro atoms. The van der Waals surface area contributed by atoms with Gasteiger partial charge in [0, 0.05) is 11.1 Å². The lowest BCUT2D eigenvalue weighted by atomic mass is 9.87. The molecule has 0 fully saturated rings. The first-order chi connectivity index (χ1) is 8.85. The summed E-state index contributed by atoms with van der Waals surface area (Å²) in [6.07, 6.45) is 2.96. The number of methoxy groups -OCH3 is 1. The number of rotatable bonds is 6. The fourth-order valence-corrected chi connectivity index (χ4v) is 2.22. The number of hydrogen-bond acceptors (Lipinski definition) is 3. The third-order valence-electron chi connectivity index (χ3n) is 3.19. The number of hydrazine groups is 1. The fourth-order valence-electron chi connectivity index (χ4n) is 2.02. The third-order valence-corrected chi connectivity index (χ3v) is 3.42. The zero-order chi connectivity index (χ0) is 14.5. The standard InChI is InChI=1S/C15H25ClN2O/c1-15(2,3)8-7-13(18-17)10-11-9-12(16)5-6-14(11)19-4/h5-6,9,13,18H,7-8,10,17H2,1-4H3. The average Bonchev–Trinajstić information content (AvgIpc) is 2.33. The maximum absolute atomic E-state index is 6.04. The minimum absolute atomic E-state index is 0.228. The van der Waals surface area contributed by atoms with Crippen molar-refractivity contribution in [3.8, 4) is 5.75 Å². The predicted octanol–water partition coefficient (Wildman–Crippen LogP) is 3.55. The molecule has 0 saturated carbocycles. The number of nitrogens with two attached hydrogens (primary N) is 1. The molecule has 3 N–H and O–H groups in total. The van der Waals surface area contributed by atoms with Gasteiger partial charge in [-0.25, -0.2) is 0 Å². The van der Waals surface area contributed by atoms with Crippen LogP contribution in [0.2, 0.25) is 5.02 Å². The summed E-state index contributed by atoms with van der Waals surface area (Å²) in [6.45, 7) is 6.71. The highest BCUT2D eigenvalue weighted by molar-refractivity contribution is 6.30. The van der Waals surface area contributed by atoms with E-state index in [-0.39, 0.29) is 6.04 Å². The van der Waals surface area contributed by atoms with Gasteiger partial charge in [-0.2, -0.15) is 0 Å². The minimum atomic E-state index is 0.228. The summed E-state index contributed by atoms with van der Waals surface area (Å²) in [5.41, 5.74) is 4.30. The predicted molar refractivity (Wildman–Crippen MR) is 81.5 cm³/mol. The molecule has 1 rings (SSSR count). The van der Waals surface area contributed by atoms with Crippen molar-refractivity contribution in [2.45, 2.75) is 46.1 Å². The van der Waals surface area contributed by atoms with E-state index in [9.17, 15) is 0 Å². The van der Waals surface area contributed by atoms with Gasteiger partial charge in [0.05, 0.1) is 7.11 Å².